The Bertz CT molecular complexity index is 711. The average molecular weight is 349 g/mol. The quantitative estimate of drug-likeness (QED) is 0.767. The fourth-order valence-corrected chi connectivity index (χ4v) is 5.95. The second kappa shape index (κ2) is 6.53. The summed E-state index contributed by atoms with van der Waals surface area (Å²) in [5, 5.41) is 9.14. The van der Waals surface area contributed by atoms with E-state index in [1.54, 1.807) is 0 Å². The summed E-state index contributed by atoms with van der Waals surface area (Å²) >= 11 is 0. The Kier molecular flexibility index (Phi) is 5.10. The summed E-state index contributed by atoms with van der Waals surface area (Å²) in [5.74, 6) is 0.288. The molecule has 0 saturated carbocycles. The van der Waals surface area contributed by atoms with E-state index < -0.39 is 25.9 Å². The Morgan fingerprint density at radius 3 is 2.41 bits per heavy atom. The topological polar surface area (TPSA) is 101 Å². The van der Waals surface area contributed by atoms with E-state index in [0.717, 1.165) is 4.31 Å². The molecule has 1 fully saturated rings. The van der Waals surface area contributed by atoms with E-state index in [4.69, 9.17) is 9.84 Å². The van der Waals surface area contributed by atoms with E-state index >= 15 is 0 Å². The average Bonchev–Trinajstić information content (AvgIpc) is 2.84. The molecule has 7 nitrogen and oxygen atoms in total. The minimum absolute atomic E-state index is 0.0300. The number of sulfone groups is 1. The van der Waals surface area contributed by atoms with E-state index in [-0.39, 0.29) is 36.0 Å². The van der Waals surface area contributed by atoms with Crippen molar-refractivity contribution in [1.29, 1.82) is 0 Å². The maximum absolute atomic E-state index is 12.7. The molecule has 0 aliphatic carbocycles. The maximum Gasteiger partial charge on any atom is 0.243 e. The molecule has 124 valence electrons. The van der Waals surface area contributed by atoms with E-state index in [9.17, 15) is 16.8 Å². The fraction of sp³-hybridized carbons (Fsp3) is 0.538. The third-order valence-electron chi connectivity index (χ3n) is 3.60. The molecule has 9 heteroatoms. The minimum atomic E-state index is -3.87. The Labute approximate surface area is 130 Å². The Morgan fingerprint density at radius 1 is 1.32 bits per heavy atom. The van der Waals surface area contributed by atoms with Crippen molar-refractivity contribution in [3.8, 4) is 5.75 Å². The number of hydrogen-bond donors (Lipinski definition) is 1. The van der Waals surface area contributed by atoms with E-state index in [1.165, 1.54) is 31.4 Å². The molecule has 1 heterocycles. The van der Waals surface area contributed by atoms with E-state index in [2.05, 4.69) is 0 Å². The first kappa shape index (κ1) is 17.2. The molecule has 0 radical (unpaired) electrons. The van der Waals surface area contributed by atoms with Crippen LogP contribution in [-0.2, 0) is 19.9 Å². The standard InChI is InChI=1S/C13H19NO6S2/c1-20-12-2-4-13(5-3-12)22(18,19)14(7-8-15)11-6-9-21(16,17)10-11/h2-5,11,15H,6-10H2,1H3/t11-/m1/s1. The monoisotopic (exact) mass is 349 g/mol. The lowest BCUT2D eigenvalue weighted by Crippen LogP contribution is -2.42. The SMILES string of the molecule is COc1ccc(S(=O)(=O)N(CCO)[C@@H]2CCS(=O)(=O)C2)cc1. The van der Waals surface area contributed by atoms with Crippen molar-refractivity contribution < 1.29 is 26.7 Å². The van der Waals surface area contributed by atoms with Gasteiger partial charge in [-0.15, -0.1) is 0 Å². The molecule has 1 aromatic rings. The van der Waals surface area contributed by atoms with Gasteiger partial charge in [-0.05, 0) is 30.7 Å². The number of ether oxygens (including phenoxy) is 1. The Hall–Kier alpha value is -1.16. The molecule has 0 amide bonds. The largest absolute Gasteiger partial charge is 0.497 e. The number of aliphatic hydroxyl groups is 1. The van der Waals surface area contributed by atoms with Crippen LogP contribution in [0, 0.1) is 0 Å². The van der Waals surface area contributed by atoms with Crippen molar-refractivity contribution in [3.63, 3.8) is 0 Å². The van der Waals surface area contributed by atoms with Crippen molar-refractivity contribution >= 4 is 19.9 Å². The Morgan fingerprint density at radius 2 is 1.95 bits per heavy atom. The molecular formula is C13H19NO6S2. The number of rotatable bonds is 6. The van der Waals surface area contributed by atoms with Gasteiger partial charge in [0.15, 0.2) is 9.84 Å². The summed E-state index contributed by atoms with van der Waals surface area (Å²) in [6.45, 7) is -0.500. The molecule has 22 heavy (non-hydrogen) atoms. The summed E-state index contributed by atoms with van der Waals surface area (Å²) in [5.41, 5.74) is 0. The normalized spacial score (nSPS) is 21.1. The lowest BCUT2D eigenvalue weighted by molar-refractivity contribution is 0.232. The first-order valence-corrected chi connectivity index (χ1v) is 10.0. The summed E-state index contributed by atoms with van der Waals surface area (Å²) in [4.78, 5) is 0.0473. The van der Waals surface area contributed by atoms with Crippen molar-refractivity contribution in [2.45, 2.75) is 17.4 Å². The summed E-state index contributed by atoms with van der Waals surface area (Å²) in [6.07, 6.45) is 0.248. The van der Waals surface area contributed by atoms with Crippen LogP contribution in [0.2, 0.25) is 0 Å². The van der Waals surface area contributed by atoms with Gasteiger partial charge >= 0.3 is 0 Å². The molecule has 1 N–H and O–H groups in total. The first-order chi connectivity index (χ1) is 10.3. The van der Waals surface area contributed by atoms with Crippen LogP contribution >= 0.6 is 0 Å². The molecule has 1 saturated heterocycles. The van der Waals surface area contributed by atoms with Gasteiger partial charge in [0.2, 0.25) is 10.0 Å². The van der Waals surface area contributed by atoms with E-state index in [1.807, 2.05) is 0 Å². The van der Waals surface area contributed by atoms with Crippen LogP contribution < -0.4 is 4.74 Å². The van der Waals surface area contributed by atoms with Crippen LogP contribution in [0.3, 0.4) is 0 Å². The maximum atomic E-state index is 12.7. The van der Waals surface area contributed by atoms with Crippen molar-refractivity contribution in [2.24, 2.45) is 0 Å². The zero-order valence-electron chi connectivity index (χ0n) is 12.2. The third-order valence-corrected chi connectivity index (χ3v) is 7.32. The van der Waals surface area contributed by atoms with Gasteiger partial charge in [-0.3, -0.25) is 0 Å². The molecule has 0 aromatic heterocycles. The van der Waals surface area contributed by atoms with Crippen LogP contribution in [0.5, 0.6) is 5.75 Å². The highest BCUT2D eigenvalue weighted by molar-refractivity contribution is 7.92. The number of aliphatic hydroxyl groups excluding tert-OH is 1. The number of sulfonamides is 1. The van der Waals surface area contributed by atoms with E-state index in [0.29, 0.717) is 5.75 Å². The van der Waals surface area contributed by atoms with Gasteiger partial charge in [0.05, 0.1) is 30.1 Å². The van der Waals surface area contributed by atoms with Gasteiger partial charge in [0.1, 0.15) is 5.75 Å². The molecule has 1 atom stereocenters. The summed E-state index contributed by atoms with van der Waals surface area (Å²) in [6, 6.07) is 5.22. The van der Waals surface area contributed by atoms with Crippen LogP contribution in [0.4, 0.5) is 0 Å². The lowest BCUT2D eigenvalue weighted by Gasteiger charge is -2.26. The van der Waals surface area contributed by atoms with Crippen LogP contribution in [-0.4, -0.2) is 64.1 Å². The van der Waals surface area contributed by atoms with Gasteiger partial charge in [0, 0.05) is 12.6 Å². The van der Waals surface area contributed by atoms with Crippen LogP contribution in [0.1, 0.15) is 6.42 Å². The molecule has 0 unspecified atom stereocenters. The molecule has 2 rings (SSSR count). The zero-order chi connectivity index (χ0) is 16.4. The molecular weight excluding hydrogens is 330 g/mol. The number of hydrogen-bond acceptors (Lipinski definition) is 6. The highest BCUT2D eigenvalue weighted by Crippen LogP contribution is 2.25. The van der Waals surface area contributed by atoms with Gasteiger partial charge < -0.3 is 9.84 Å². The second-order valence-electron chi connectivity index (χ2n) is 5.07. The van der Waals surface area contributed by atoms with Crippen molar-refractivity contribution in [2.75, 3.05) is 31.8 Å². The van der Waals surface area contributed by atoms with Crippen molar-refractivity contribution in [3.05, 3.63) is 24.3 Å². The summed E-state index contributed by atoms with van der Waals surface area (Å²) < 4.78 is 54.7. The molecule has 1 aromatic carbocycles. The first-order valence-electron chi connectivity index (χ1n) is 6.77. The predicted octanol–water partition coefficient (Wildman–Crippen LogP) is -0.135. The third kappa shape index (κ3) is 3.60. The van der Waals surface area contributed by atoms with Crippen LogP contribution in [0.15, 0.2) is 29.2 Å². The highest BCUT2D eigenvalue weighted by Gasteiger charge is 2.38. The smallest absolute Gasteiger partial charge is 0.243 e. The number of methoxy groups -OCH3 is 1. The molecule has 1 aliphatic heterocycles. The number of benzene rings is 1. The highest BCUT2D eigenvalue weighted by atomic mass is 32.2. The molecule has 1 aliphatic rings. The van der Waals surface area contributed by atoms with Gasteiger partial charge in [-0.25, -0.2) is 16.8 Å². The van der Waals surface area contributed by atoms with Crippen LogP contribution in [0.25, 0.3) is 0 Å². The minimum Gasteiger partial charge on any atom is -0.497 e. The number of nitrogens with zero attached hydrogens (tertiary/aromatic N) is 1. The Balaban J connectivity index is 2.33. The summed E-state index contributed by atoms with van der Waals surface area (Å²) in [7, 11) is -5.61. The van der Waals surface area contributed by atoms with Gasteiger partial charge in [-0.1, -0.05) is 0 Å². The lowest BCUT2D eigenvalue weighted by atomic mass is 10.3. The predicted molar refractivity (Wildman–Crippen MR) is 81.0 cm³/mol. The zero-order valence-corrected chi connectivity index (χ0v) is 13.8. The van der Waals surface area contributed by atoms with Gasteiger partial charge in [-0.2, -0.15) is 4.31 Å². The fourth-order valence-electron chi connectivity index (χ4n) is 2.48. The van der Waals surface area contributed by atoms with Gasteiger partial charge in [0.25, 0.3) is 0 Å². The molecule has 0 spiro atoms. The second-order valence-corrected chi connectivity index (χ2v) is 9.19. The molecule has 0 bridgehead atoms. The van der Waals surface area contributed by atoms with Crippen molar-refractivity contribution in [1.82, 2.24) is 4.31 Å².